The lowest BCUT2D eigenvalue weighted by molar-refractivity contribution is -0.143. The van der Waals surface area contributed by atoms with Crippen LogP contribution in [0.2, 0.25) is 0 Å². The van der Waals surface area contributed by atoms with Crippen LogP contribution in [-0.2, 0) is 14.3 Å². The fraction of sp³-hybridized carbons (Fsp3) is 0.905. The predicted molar refractivity (Wildman–Crippen MR) is 301 cm³/mol. The lowest BCUT2D eigenvalue weighted by Gasteiger charge is -2.20. The number of aliphatic hydroxyl groups excluding tert-OH is 2. The molecule has 1 amide bonds. The molecule has 69 heavy (non-hydrogen) atoms. The zero-order chi connectivity index (χ0) is 50.0. The van der Waals surface area contributed by atoms with E-state index in [0.29, 0.717) is 19.4 Å². The van der Waals surface area contributed by atoms with Crippen molar-refractivity contribution in [3.05, 3.63) is 24.3 Å². The highest BCUT2D eigenvalue weighted by Crippen LogP contribution is 2.17. The van der Waals surface area contributed by atoms with Crippen LogP contribution < -0.4 is 5.32 Å². The first-order chi connectivity index (χ1) is 34.0. The quantitative estimate of drug-likeness (QED) is 0.0321. The van der Waals surface area contributed by atoms with E-state index in [2.05, 4.69) is 31.3 Å². The number of unbranched alkanes of at least 4 members (excludes halogenated alkanes) is 45. The van der Waals surface area contributed by atoms with E-state index in [0.717, 1.165) is 38.5 Å². The number of rotatable bonds is 58. The Morgan fingerprint density at radius 2 is 0.681 bits per heavy atom. The van der Waals surface area contributed by atoms with Gasteiger partial charge in [-0.3, -0.25) is 9.59 Å². The molecule has 0 radical (unpaired) electrons. The van der Waals surface area contributed by atoms with E-state index in [1.165, 1.54) is 276 Å². The molecule has 0 bridgehead atoms. The Morgan fingerprint density at radius 3 is 1.03 bits per heavy atom. The number of esters is 1. The van der Waals surface area contributed by atoms with Gasteiger partial charge in [-0.2, -0.15) is 0 Å². The summed E-state index contributed by atoms with van der Waals surface area (Å²) in [6.45, 7) is 4.91. The van der Waals surface area contributed by atoms with Crippen LogP contribution in [0.4, 0.5) is 0 Å². The van der Waals surface area contributed by atoms with Gasteiger partial charge in [0.1, 0.15) is 0 Å². The van der Waals surface area contributed by atoms with E-state index >= 15 is 0 Å². The Balaban J connectivity index is 3.38. The van der Waals surface area contributed by atoms with Crippen molar-refractivity contribution in [2.75, 3.05) is 13.2 Å². The van der Waals surface area contributed by atoms with Gasteiger partial charge >= 0.3 is 5.97 Å². The second kappa shape index (κ2) is 58.9. The first-order valence-electron chi connectivity index (χ1n) is 31.1. The molecule has 0 aromatic rings. The average Bonchev–Trinajstić information content (AvgIpc) is 3.35. The molecule has 0 rings (SSSR count). The Kier molecular flexibility index (Phi) is 57.5. The van der Waals surface area contributed by atoms with Crippen molar-refractivity contribution in [1.29, 1.82) is 0 Å². The molecular formula is C63H121NO5. The van der Waals surface area contributed by atoms with Crippen molar-refractivity contribution in [1.82, 2.24) is 5.32 Å². The van der Waals surface area contributed by atoms with Crippen molar-refractivity contribution in [2.45, 2.75) is 353 Å². The van der Waals surface area contributed by atoms with Crippen LogP contribution in [0.5, 0.6) is 0 Å². The smallest absolute Gasteiger partial charge is 0.305 e. The van der Waals surface area contributed by atoms with Crippen molar-refractivity contribution in [3.63, 3.8) is 0 Å². The minimum atomic E-state index is -0.843. The fourth-order valence-corrected chi connectivity index (χ4v) is 9.69. The van der Waals surface area contributed by atoms with Gasteiger partial charge in [-0.05, 0) is 57.8 Å². The first kappa shape index (κ1) is 67.3. The topological polar surface area (TPSA) is 95.9 Å². The van der Waals surface area contributed by atoms with Gasteiger partial charge in [-0.25, -0.2) is 0 Å². The molecule has 0 spiro atoms. The summed E-state index contributed by atoms with van der Waals surface area (Å²) in [6, 6.07) is -0.627. The zero-order valence-electron chi connectivity index (χ0n) is 46.6. The Labute approximate surface area is 431 Å². The molecule has 0 fully saturated rings. The summed E-state index contributed by atoms with van der Waals surface area (Å²) >= 11 is 0. The Hall–Kier alpha value is -1.66. The number of carbonyl (C=O) groups excluding carboxylic acids is 2. The van der Waals surface area contributed by atoms with Gasteiger partial charge in [-0.15, -0.1) is 0 Å². The third-order valence-corrected chi connectivity index (χ3v) is 14.5. The van der Waals surface area contributed by atoms with Gasteiger partial charge in [0.05, 0.1) is 25.4 Å². The molecule has 0 aromatic heterocycles. The third kappa shape index (κ3) is 55.5. The molecule has 0 saturated carbocycles. The summed E-state index contributed by atoms with van der Waals surface area (Å²) in [5.74, 6) is -0.0521. The van der Waals surface area contributed by atoms with E-state index in [1.807, 2.05) is 6.08 Å². The van der Waals surface area contributed by atoms with Gasteiger partial charge in [0.25, 0.3) is 0 Å². The molecule has 6 nitrogen and oxygen atoms in total. The molecule has 0 aliphatic heterocycles. The second-order valence-corrected chi connectivity index (χ2v) is 21.4. The maximum atomic E-state index is 12.4. The molecule has 2 unspecified atom stereocenters. The third-order valence-electron chi connectivity index (χ3n) is 14.5. The molecule has 408 valence electrons. The average molecular weight is 973 g/mol. The molecule has 0 saturated heterocycles. The Morgan fingerprint density at radius 1 is 0.391 bits per heavy atom. The summed E-state index contributed by atoms with van der Waals surface area (Å²) < 4.78 is 5.48. The van der Waals surface area contributed by atoms with Gasteiger partial charge < -0.3 is 20.3 Å². The van der Waals surface area contributed by atoms with E-state index < -0.39 is 12.1 Å². The van der Waals surface area contributed by atoms with E-state index in [1.54, 1.807) is 6.08 Å². The minimum Gasteiger partial charge on any atom is -0.466 e. The first-order valence-corrected chi connectivity index (χ1v) is 31.1. The van der Waals surface area contributed by atoms with Crippen molar-refractivity contribution < 1.29 is 24.5 Å². The van der Waals surface area contributed by atoms with E-state index in [9.17, 15) is 19.8 Å². The predicted octanol–water partition coefficient (Wildman–Crippen LogP) is 19.4. The maximum absolute atomic E-state index is 12.4. The summed E-state index contributed by atoms with van der Waals surface area (Å²) in [7, 11) is 0. The van der Waals surface area contributed by atoms with Crippen molar-refractivity contribution in [2.24, 2.45) is 0 Å². The second-order valence-electron chi connectivity index (χ2n) is 21.4. The maximum Gasteiger partial charge on any atom is 0.305 e. The van der Waals surface area contributed by atoms with Gasteiger partial charge in [0.15, 0.2) is 0 Å². The van der Waals surface area contributed by atoms with Crippen LogP contribution >= 0.6 is 0 Å². The monoisotopic (exact) mass is 972 g/mol. The highest BCUT2D eigenvalue weighted by Gasteiger charge is 2.18. The summed E-state index contributed by atoms with van der Waals surface area (Å²) in [5, 5.41) is 23.1. The van der Waals surface area contributed by atoms with Crippen LogP contribution in [0.3, 0.4) is 0 Å². The lowest BCUT2D eigenvalue weighted by atomic mass is 10.0. The lowest BCUT2D eigenvalue weighted by Crippen LogP contribution is -2.45. The van der Waals surface area contributed by atoms with Gasteiger partial charge in [0.2, 0.25) is 5.91 Å². The Bertz CT molecular complexity index is 1080. The number of nitrogens with one attached hydrogen (secondary N) is 1. The van der Waals surface area contributed by atoms with Gasteiger partial charge in [-0.1, -0.05) is 295 Å². The largest absolute Gasteiger partial charge is 0.466 e. The summed E-state index contributed by atoms with van der Waals surface area (Å²) in [5.41, 5.74) is 0. The number of amides is 1. The molecule has 2 atom stereocenters. The molecule has 0 aliphatic rings. The summed E-state index contributed by atoms with van der Waals surface area (Å²) in [4.78, 5) is 24.5. The van der Waals surface area contributed by atoms with Crippen LogP contribution in [0.1, 0.15) is 341 Å². The van der Waals surface area contributed by atoms with Crippen LogP contribution in [0.15, 0.2) is 24.3 Å². The van der Waals surface area contributed by atoms with Crippen molar-refractivity contribution in [3.8, 4) is 0 Å². The van der Waals surface area contributed by atoms with Crippen LogP contribution in [0, 0.1) is 0 Å². The number of allylic oxidation sites excluding steroid dienone is 3. The van der Waals surface area contributed by atoms with Gasteiger partial charge in [0, 0.05) is 12.8 Å². The molecule has 3 N–H and O–H groups in total. The normalized spacial score (nSPS) is 12.7. The highest BCUT2D eigenvalue weighted by molar-refractivity contribution is 5.76. The van der Waals surface area contributed by atoms with E-state index in [4.69, 9.17) is 4.74 Å². The van der Waals surface area contributed by atoms with E-state index in [-0.39, 0.29) is 18.5 Å². The number of hydrogen-bond donors (Lipinski definition) is 3. The van der Waals surface area contributed by atoms with Crippen LogP contribution in [-0.4, -0.2) is 47.4 Å². The van der Waals surface area contributed by atoms with Crippen LogP contribution in [0.25, 0.3) is 0 Å². The molecule has 0 heterocycles. The minimum absolute atomic E-state index is 0.0164. The number of carbonyl (C=O) groups is 2. The number of aliphatic hydroxyl groups is 2. The summed E-state index contributed by atoms with van der Waals surface area (Å²) in [6.07, 6.45) is 72.3. The molecular weight excluding hydrogens is 851 g/mol. The number of ether oxygens (including phenoxy) is 1. The van der Waals surface area contributed by atoms with Crippen molar-refractivity contribution >= 4 is 11.9 Å². The number of hydrogen-bond acceptors (Lipinski definition) is 5. The SMILES string of the molecule is CCCCCCCCCCCC/C=C/C(O)C(CO)NC(=O)CCCCCCCCCCCCC/C=C\CCCCCCCCCCCCCCOC(=O)CCCCCCCCCCCCCCC. The highest BCUT2D eigenvalue weighted by atomic mass is 16.5. The molecule has 0 aromatic carbocycles. The zero-order valence-corrected chi connectivity index (χ0v) is 46.6. The molecule has 6 heteroatoms. The standard InChI is InChI=1S/C63H121NO5/c1-3-5-7-9-11-13-15-32-37-41-45-49-53-57-63(68)69-58-54-50-46-42-38-34-31-29-27-25-23-21-19-17-18-20-22-24-26-28-30-33-36-40-44-48-52-56-62(67)64-60(59-65)61(66)55-51-47-43-39-35-16-14-12-10-8-6-4-2/h17-18,51,55,60-61,65-66H,3-16,19-50,52-54,56-59H2,1-2H3,(H,64,67)/b18-17-,55-51+. The molecule has 0 aliphatic carbocycles. The fourth-order valence-electron chi connectivity index (χ4n) is 9.69.